The summed E-state index contributed by atoms with van der Waals surface area (Å²) < 4.78 is 0. The molecule has 2 heterocycles. The van der Waals surface area contributed by atoms with Crippen molar-refractivity contribution in [3.8, 4) is 5.75 Å². The van der Waals surface area contributed by atoms with Crippen molar-refractivity contribution in [2.75, 3.05) is 36.4 Å². The van der Waals surface area contributed by atoms with E-state index in [1.807, 2.05) is 30.3 Å². The lowest BCUT2D eigenvalue weighted by atomic mass is 9.71. The minimum atomic E-state index is -0.356. The highest BCUT2D eigenvalue weighted by Gasteiger charge is 2.42. The zero-order chi connectivity index (χ0) is 26.8. The molecule has 6 rings (SSSR count). The third kappa shape index (κ3) is 4.97. The van der Waals surface area contributed by atoms with Crippen molar-refractivity contribution in [3.63, 3.8) is 0 Å². The van der Waals surface area contributed by atoms with Gasteiger partial charge in [-0.3, -0.25) is 14.7 Å². The number of hydrogen-bond donors (Lipinski definition) is 2. The molecule has 39 heavy (non-hydrogen) atoms. The van der Waals surface area contributed by atoms with Gasteiger partial charge in [0.25, 0.3) is 5.91 Å². The Hall–Kier alpha value is -3.90. The minimum Gasteiger partial charge on any atom is -0.506 e. The van der Waals surface area contributed by atoms with Crippen molar-refractivity contribution < 1.29 is 9.90 Å². The van der Waals surface area contributed by atoms with Crippen LogP contribution in [0.5, 0.6) is 5.75 Å². The zero-order valence-corrected chi connectivity index (χ0v) is 22.5. The third-order valence-electron chi connectivity index (χ3n) is 8.76. The standard InChI is InChI=1S/C33H36N4O2/c1-24-14-16-33(17-15-24,37-20-18-36(19-21-37)27-10-3-2-4-11-27)25-8-7-9-26(22-25)35-32(39)29-23-34-30-13-6-5-12-28(30)31(29)38/h2-13,22-24H,14-21H2,1H3,(H,34,38)(H,35,39)/t24-,33-. The smallest absolute Gasteiger partial charge is 0.261 e. The van der Waals surface area contributed by atoms with Crippen molar-refractivity contribution in [1.29, 1.82) is 0 Å². The predicted molar refractivity (Wildman–Crippen MR) is 157 cm³/mol. The van der Waals surface area contributed by atoms with Crippen LogP contribution in [0.15, 0.2) is 85.1 Å². The molecule has 2 fully saturated rings. The Morgan fingerprint density at radius 1 is 0.923 bits per heavy atom. The molecule has 6 nitrogen and oxygen atoms in total. The van der Waals surface area contributed by atoms with E-state index in [-0.39, 0.29) is 22.8 Å². The number of aromatic nitrogens is 1. The van der Waals surface area contributed by atoms with E-state index in [9.17, 15) is 9.90 Å². The number of nitrogens with zero attached hydrogens (tertiary/aromatic N) is 3. The number of anilines is 2. The van der Waals surface area contributed by atoms with E-state index < -0.39 is 0 Å². The monoisotopic (exact) mass is 520 g/mol. The molecule has 1 aliphatic heterocycles. The van der Waals surface area contributed by atoms with E-state index >= 15 is 0 Å². The zero-order valence-electron chi connectivity index (χ0n) is 22.5. The van der Waals surface area contributed by atoms with E-state index in [4.69, 9.17) is 0 Å². The summed E-state index contributed by atoms with van der Waals surface area (Å²) in [5.74, 6) is 0.337. The maximum absolute atomic E-state index is 13.2. The number of carbonyl (C=O) groups excluding carboxylic acids is 1. The number of pyridine rings is 1. The van der Waals surface area contributed by atoms with Gasteiger partial charge in [-0.05, 0) is 73.6 Å². The molecular weight excluding hydrogens is 484 g/mol. The summed E-state index contributed by atoms with van der Waals surface area (Å²) in [4.78, 5) is 22.8. The summed E-state index contributed by atoms with van der Waals surface area (Å²) in [6.45, 7) is 6.39. The van der Waals surface area contributed by atoms with E-state index in [1.54, 1.807) is 6.07 Å². The number of piperazine rings is 1. The average molecular weight is 521 g/mol. The number of hydrogen-bond acceptors (Lipinski definition) is 5. The predicted octanol–water partition coefficient (Wildman–Crippen LogP) is 6.42. The van der Waals surface area contributed by atoms with Gasteiger partial charge < -0.3 is 15.3 Å². The summed E-state index contributed by atoms with van der Waals surface area (Å²) in [7, 11) is 0. The molecule has 0 radical (unpaired) electrons. The van der Waals surface area contributed by atoms with Crippen LogP contribution in [-0.2, 0) is 5.54 Å². The van der Waals surface area contributed by atoms with Gasteiger partial charge in [-0.15, -0.1) is 0 Å². The van der Waals surface area contributed by atoms with Crippen LogP contribution in [-0.4, -0.2) is 47.1 Å². The van der Waals surface area contributed by atoms with Gasteiger partial charge >= 0.3 is 0 Å². The largest absolute Gasteiger partial charge is 0.506 e. The highest BCUT2D eigenvalue weighted by Crippen LogP contribution is 2.45. The minimum absolute atomic E-state index is 0.0386. The summed E-state index contributed by atoms with van der Waals surface area (Å²) in [6.07, 6.45) is 6.09. The van der Waals surface area contributed by atoms with Crippen molar-refractivity contribution >= 4 is 28.2 Å². The van der Waals surface area contributed by atoms with Gasteiger partial charge in [0.1, 0.15) is 11.3 Å². The molecule has 1 saturated heterocycles. The molecule has 200 valence electrons. The highest BCUT2D eigenvalue weighted by atomic mass is 16.3. The number of nitrogens with one attached hydrogen (secondary N) is 1. The fourth-order valence-electron chi connectivity index (χ4n) is 6.44. The molecule has 3 aromatic carbocycles. The maximum Gasteiger partial charge on any atom is 0.261 e. The first kappa shape index (κ1) is 25.4. The topological polar surface area (TPSA) is 68.7 Å². The number of para-hydroxylation sites is 2. The lowest BCUT2D eigenvalue weighted by Gasteiger charge is -2.51. The van der Waals surface area contributed by atoms with Crippen LogP contribution < -0.4 is 10.2 Å². The van der Waals surface area contributed by atoms with Crippen LogP contribution in [0.4, 0.5) is 11.4 Å². The van der Waals surface area contributed by atoms with Gasteiger partial charge in [0.2, 0.25) is 0 Å². The van der Waals surface area contributed by atoms with E-state index in [0.29, 0.717) is 10.9 Å². The Bertz CT molecular complexity index is 1460. The van der Waals surface area contributed by atoms with Gasteiger partial charge in [0.05, 0.1) is 5.52 Å². The molecule has 0 spiro atoms. The number of amides is 1. The lowest BCUT2D eigenvalue weighted by Crippen LogP contribution is -2.56. The first-order valence-corrected chi connectivity index (χ1v) is 14.1. The Kier molecular flexibility index (Phi) is 6.96. The normalized spacial score (nSPS) is 22.1. The molecule has 1 aromatic heterocycles. The fraction of sp³-hybridized carbons (Fsp3) is 0.333. The van der Waals surface area contributed by atoms with Crippen molar-refractivity contribution in [3.05, 3.63) is 96.2 Å². The van der Waals surface area contributed by atoms with Crippen LogP contribution in [0.2, 0.25) is 0 Å². The molecule has 1 aliphatic carbocycles. The van der Waals surface area contributed by atoms with Gasteiger partial charge in [0, 0.05) is 54.7 Å². The highest BCUT2D eigenvalue weighted by molar-refractivity contribution is 6.09. The SMILES string of the molecule is C[C@H]1CC[C@](c2cccc(NC(=O)c3cnc4ccccc4c3O)c2)(N2CCN(c3ccccc3)CC2)CC1. The Balaban J connectivity index is 1.25. The van der Waals surface area contributed by atoms with Gasteiger partial charge in [-0.2, -0.15) is 0 Å². The van der Waals surface area contributed by atoms with Crippen LogP contribution in [0.25, 0.3) is 10.9 Å². The second-order valence-electron chi connectivity index (χ2n) is 11.1. The molecule has 0 unspecified atom stereocenters. The number of aromatic hydroxyl groups is 1. The second kappa shape index (κ2) is 10.7. The molecule has 1 amide bonds. The van der Waals surface area contributed by atoms with Gasteiger partial charge in [0.15, 0.2) is 0 Å². The fourth-order valence-corrected chi connectivity index (χ4v) is 6.44. The molecule has 0 bridgehead atoms. The summed E-state index contributed by atoms with van der Waals surface area (Å²) in [6, 6.07) is 26.3. The summed E-state index contributed by atoms with van der Waals surface area (Å²) in [5.41, 5.74) is 4.10. The van der Waals surface area contributed by atoms with E-state index in [0.717, 1.165) is 50.6 Å². The summed E-state index contributed by atoms with van der Waals surface area (Å²) >= 11 is 0. The average Bonchev–Trinajstić information content (AvgIpc) is 2.99. The van der Waals surface area contributed by atoms with Crippen molar-refractivity contribution in [2.45, 2.75) is 38.1 Å². The number of carbonyl (C=O) groups is 1. The Morgan fingerprint density at radius 3 is 2.41 bits per heavy atom. The first-order valence-electron chi connectivity index (χ1n) is 14.1. The van der Waals surface area contributed by atoms with Crippen LogP contribution in [0, 0.1) is 5.92 Å². The number of benzene rings is 3. The maximum atomic E-state index is 13.2. The number of fused-ring (bicyclic) bond motifs is 1. The summed E-state index contributed by atoms with van der Waals surface area (Å²) in [5, 5.41) is 14.4. The quantitative estimate of drug-likeness (QED) is 0.318. The molecule has 4 aromatic rings. The van der Waals surface area contributed by atoms with Gasteiger partial charge in [-0.1, -0.05) is 49.4 Å². The van der Waals surface area contributed by atoms with Crippen LogP contribution in [0.3, 0.4) is 0 Å². The molecule has 2 aliphatic rings. The molecule has 1 saturated carbocycles. The van der Waals surface area contributed by atoms with E-state index in [2.05, 4.69) is 69.5 Å². The Labute approximate surface area is 230 Å². The first-order chi connectivity index (χ1) is 19.0. The van der Waals surface area contributed by atoms with Crippen molar-refractivity contribution in [2.24, 2.45) is 5.92 Å². The number of rotatable bonds is 5. The second-order valence-corrected chi connectivity index (χ2v) is 11.1. The molecule has 6 heteroatoms. The molecule has 2 N–H and O–H groups in total. The Morgan fingerprint density at radius 2 is 1.64 bits per heavy atom. The van der Waals surface area contributed by atoms with E-state index in [1.165, 1.54) is 30.3 Å². The van der Waals surface area contributed by atoms with Gasteiger partial charge in [-0.25, -0.2) is 0 Å². The van der Waals surface area contributed by atoms with Crippen molar-refractivity contribution in [1.82, 2.24) is 9.88 Å². The molecular formula is C33H36N4O2. The molecule has 0 atom stereocenters. The lowest BCUT2D eigenvalue weighted by molar-refractivity contribution is 0.0299. The van der Waals surface area contributed by atoms with Crippen LogP contribution in [0.1, 0.15) is 48.5 Å². The third-order valence-corrected chi connectivity index (χ3v) is 8.76. The van der Waals surface area contributed by atoms with Crippen LogP contribution >= 0.6 is 0 Å².